The summed E-state index contributed by atoms with van der Waals surface area (Å²) in [7, 11) is 0. The van der Waals surface area contributed by atoms with E-state index in [4.69, 9.17) is 4.74 Å². The molecule has 1 aromatic carbocycles. The van der Waals surface area contributed by atoms with Crippen molar-refractivity contribution in [3.8, 4) is 5.75 Å². The number of fused-ring (bicyclic) bond motifs is 1. The van der Waals surface area contributed by atoms with Crippen LogP contribution in [0.25, 0.3) is 0 Å². The van der Waals surface area contributed by atoms with Crippen molar-refractivity contribution in [2.75, 3.05) is 13.2 Å². The van der Waals surface area contributed by atoms with Crippen molar-refractivity contribution in [1.82, 2.24) is 5.32 Å². The van der Waals surface area contributed by atoms with Crippen molar-refractivity contribution in [2.24, 2.45) is 11.3 Å². The van der Waals surface area contributed by atoms with Crippen molar-refractivity contribution < 1.29 is 4.74 Å². The van der Waals surface area contributed by atoms with Gasteiger partial charge < -0.3 is 10.1 Å². The van der Waals surface area contributed by atoms with Gasteiger partial charge in [0.2, 0.25) is 0 Å². The summed E-state index contributed by atoms with van der Waals surface area (Å²) in [6.45, 7) is 7.75. The Morgan fingerprint density at radius 2 is 2.05 bits per heavy atom. The number of rotatable bonds is 6. The Morgan fingerprint density at radius 1 is 1.24 bits per heavy atom. The number of hydrogen-bond acceptors (Lipinski definition) is 2. The highest BCUT2D eigenvalue weighted by Gasteiger charge is 2.33. The van der Waals surface area contributed by atoms with Gasteiger partial charge in [-0.1, -0.05) is 38.8 Å². The summed E-state index contributed by atoms with van der Waals surface area (Å²) >= 11 is 0. The number of nitrogens with one attached hydrogen (secondary N) is 1. The first kappa shape index (κ1) is 14.9. The zero-order chi connectivity index (χ0) is 14.7. The molecule has 1 aromatic rings. The van der Waals surface area contributed by atoms with Gasteiger partial charge in [0, 0.05) is 19.5 Å². The molecule has 0 amide bonds. The fourth-order valence-electron chi connectivity index (χ4n) is 4.27. The first-order valence-corrected chi connectivity index (χ1v) is 8.62. The maximum absolute atomic E-state index is 5.58. The Balaban J connectivity index is 1.55. The van der Waals surface area contributed by atoms with E-state index in [1.165, 1.54) is 49.8 Å². The van der Waals surface area contributed by atoms with E-state index in [2.05, 4.69) is 37.4 Å². The predicted octanol–water partition coefficient (Wildman–Crippen LogP) is 4.32. The van der Waals surface area contributed by atoms with E-state index in [0.29, 0.717) is 5.41 Å². The lowest BCUT2D eigenvalue weighted by Crippen LogP contribution is -2.33. The molecule has 1 N–H and O–H groups in total. The summed E-state index contributed by atoms with van der Waals surface area (Å²) in [5, 5.41) is 3.74. The van der Waals surface area contributed by atoms with Crippen LogP contribution in [0.15, 0.2) is 18.2 Å². The fraction of sp³-hybridized carbons (Fsp3) is 0.684. The molecule has 0 unspecified atom stereocenters. The van der Waals surface area contributed by atoms with Crippen molar-refractivity contribution in [3.05, 3.63) is 29.3 Å². The molecule has 116 valence electrons. The molecule has 1 saturated carbocycles. The van der Waals surface area contributed by atoms with Gasteiger partial charge >= 0.3 is 0 Å². The van der Waals surface area contributed by atoms with E-state index in [-0.39, 0.29) is 0 Å². The van der Waals surface area contributed by atoms with E-state index in [9.17, 15) is 0 Å². The average Bonchev–Trinajstić information content (AvgIpc) is 3.07. The highest BCUT2D eigenvalue weighted by atomic mass is 16.5. The molecule has 3 rings (SSSR count). The van der Waals surface area contributed by atoms with Crippen LogP contribution in [0.1, 0.15) is 57.1 Å². The Morgan fingerprint density at radius 3 is 2.81 bits per heavy atom. The molecule has 0 spiro atoms. The molecule has 0 atom stereocenters. The second kappa shape index (κ2) is 6.39. The third-order valence-electron chi connectivity index (χ3n) is 5.09. The molecule has 1 aliphatic heterocycles. The molecule has 0 aromatic heterocycles. The third-order valence-corrected chi connectivity index (χ3v) is 5.09. The summed E-state index contributed by atoms with van der Waals surface area (Å²) in [6, 6.07) is 6.67. The molecular weight excluding hydrogens is 258 g/mol. The monoisotopic (exact) mass is 287 g/mol. The molecule has 1 heterocycles. The quantitative estimate of drug-likeness (QED) is 0.841. The molecule has 2 heteroatoms. The zero-order valence-electron chi connectivity index (χ0n) is 13.6. The van der Waals surface area contributed by atoms with Crippen molar-refractivity contribution in [3.63, 3.8) is 0 Å². The summed E-state index contributed by atoms with van der Waals surface area (Å²) in [6.07, 6.45) is 8.11. The van der Waals surface area contributed by atoms with Gasteiger partial charge in [-0.3, -0.25) is 0 Å². The lowest BCUT2D eigenvalue weighted by molar-refractivity contribution is 0.223. The first-order valence-electron chi connectivity index (χ1n) is 8.62. The van der Waals surface area contributed by atoms with Crippen molar-refractivity contribution >= 4 is 0 Å². The van der Waals surface area contributed by atoms with Crippen LogP contribution in [0, 0.1) is 11.3 Å². The fourth-order valence-corrected chi connectivity index (χ4v) is 4.27. The van der Waals surface area contributed by atoms with Gasteiger partial charge in [-0.2, -0.15) is 0 Å². The largest absolute Gasteiger partial charge is 0.493 e. The number of hydrogen-bond donors (Lipinski definition) is 1. The second-order valence-corrected chi connectivity index (χ2v) is 7.45. The third kappa shape index (κ3) is 3.60. The molecule has 2 nitrogen and oxygen atoms in total. The van der Waals surface area contributed by atoms with Crippen LogP contribution in [0.5, 0.6) is 5.75 Å². The molecule has 0 bridgehead atoms. The topological polar surface area (TPSA) is 21.3 Å². The van der Waals surface area contributed by atoms with Crippen LogP contribution in [0.2, 0.25) is 0 Å². The Bertz CT molecular complexity index is 474. The SMILES string of the molecule is CC(C)CC1(CNCc2ccc3c(c2)CCO3)CCCC1. The highest BCUT2D eigenvalue weighted by Crippen LogP contribution is 2.42. The first-order chi connectivity index (χ1) is 10.2. The average molecular weight is 287 g/mol. The molecule has 0 saturated heterocycles. The summed E-state index contributed by atoms with van der Waals surface area (Å²) in [4.78, 5) is 0. The predicted molar refractivity (Wildman–Crippen MR) is 87.7 cm³/mol. The Labute approximate surface area is 129 Å². The van der Waals surface area contributed by atoms with Crippen LogP contribution in [-0.2, 0) is 13.0 Å². The smallest absolute Gasteiger partial charge is 0.122 e. The van der Waals surface area contributed by atoms with Crippen LogP contribution in [-0.4, -0.2) is 13.2 Å². The number of benzene rings is 1. The Hall–Kier alpha value is -1.02. The highest BCUT2D eigenvalue weighted by molar-refractivity contribution is 5.39. The summed E-state index contributed by atoms with van der Waals surface area (Å²) in [5.74, 6) is 1.90. The standard InChI is InChI=1S/C19H29NO/c1-15(2)12-19(8-3-4-9-19)14-20-13-16-5-6-18-17(11-16)7-10-21-18/h5-6,11,15,20H,3-4,7-10,12-14H2,1-2H3. The van der Waals surface area contributed by atoms with Gasteiger partial charge in [0.1, 0.15) is 5.75 Å². The van der Waals surface area contributed by atoms with Crippen LogP contribution < -0.4 is 10.1 Å². The van der Waals surface area contributed by atoms with Gasteiger partial charge in [0.25, 0.3) is 0 Å². The minimum absolute atomic E-state index is 0.563. The lowest BCUT2D eigenvalue weighted by atomic mass is 9.78. The normalized spacial score (nSPS) is 19.8. The minimum atomic E-state index is 0.563. The molecule has 0 radical (unpaired) electrons. The lowest BCUT2D eigenvalue weighted by Gasteiger charge is -2.31. The van der Waals surface area contributed by atoms with Gasteiger partial charge in [-0.25, -0.2) is 0 Å². The van der Waals surface area contributed by atoms with Gasteiger partial charge in [-0.05, 0) is 47.8 Å². The second-order valence-electron chi connectivity index (χ2n) is 7.45. The molecule has 2 aliphatic rings. The summed E-state index contributed by atoms with van der Waals surface area (Å²) in [5.41, 5.74) is 3.34. The van der Waals surface area contributed by atoms with Gasteiger partial charge in [0.15, 0.2) is 0 Å². The summed E-state index contributed by atoms with van der Waals surface area (Å²) < 4.78 is 5.58. The number of ether oxygens (including phenoxy) is 1. The van der Waals surface area contributed by atoms with Crippen LogP contribution in [0.4, 0.5) is 0 Å². The van der Waals surface area contributed by atoms with Gasteiger partial charge in [-0.15, -0.1) is 0 Å². The van der Waals surface area contributed by atoms with Crippen LogP contribution >= 0.6 is 0 Å². The molecule has 1 fully saturated rings. The molecule has 21 heavy (non-hydrogen) atoms. The zero-order valence-corrected chi connectivity index (χ0v) is 13.6. The van der Waals surface area contributed by atoms with E-state index in [0.717, 1.165) is 31.2 Å². The van der Waals surface area contributed by atoms with Crippen molar-refractivity contribution in [2.45, 2.75) is 58.9 Å². The van der Waals surface area contributed by atoms with Crippen molar-refractivity contribution in [1.29, 1.82) is 0 Å². The van der Waals surface area contributed by atoms with E-state index in [1.807, 2.05) is 0 Å². The molecular formula is C19H29NO. The van der Waals surface area contributed by atoms with E-state index < -0.39 is 0 Å². The Kier molecular flexibility index (Phi) is 4.54. The van der Waals surface area contributed by atoms with Crippen LogP contribution in [0.3, 0.4) is 0 Å². The van der Waals surface area contributed by atoms with Gasteiger partial charge in [0.05, 0.1) is 6.61 Å². The van der Waals surface area contributed by atoms with E-state index >= 15 is 0 Å². The minimum Gasteiger partial charge on any atom is -0.493 e. The maximum Gasteiger partial charge on any atom is 0.122 e. The van der Waals surface area contributed by atoms with E-state index in [1.54, 1.807) is 0 Å². The maximum atomic E-state index is 5.58. The molecule has 1 aliphatic carbocycles.